The molecule has 0 saturated heterocycles. The van der Waals surface area contributed by atoms with E-state index in [0.717, 1.165) is 5.56 Å². The van der Waals surface area contributed by atoms with Gasteiger partial charge in [-0.25, -0.2) is 17.9 Å². The first kappa shape index (κ1) is 12.7. The third-order valence-electron chi connectivity index (χ3n) is 2.53. The summed E-state index contributed by atoms with van der Waals surface area (Å²) in [6.07, 6.45) is 0. The average molecular weight is 270 g/mol. The van der Waals surface area contributed by atoms with Gasteiger partial charge in [-0.1, -0.05) is 6.07 Å². The molecule has 8 heteroatoms. The van der Waals surface area contributed by atoms with Crippen molar-refractivity contribution < 1.29 is 12.8 Å². The number of sulfonamides is 1. The second-order valence-corrected chi connectivity index (χ2v) is 5.32. The Morgan fingerprint density at radius 3 is 2.56 bits per heavy atom. The van der Waals surface area contributed by atoms with Crippen LogP contribution in [0, 0.1) is 12.7 Å². The van der Waals surface area contributed by atoms with Crippen molar-refractivity contribution in [3.63, 3.8) is 0 Å². The first-order valence-corrected chi connectivity index (χ1v) is 6.54. The third kappa shape index (κ3) is 2.12. The zero-order valence-electron chi connectivity index (χ0n) is 9.75. The van der Waals surface area contributed by atoms with Crippen LogP contribution in [-0.2, 0) is 17.1 Å². The minimum absolute atomic E-state index is 0.246. The molecule has 2 rings (SSSR count). The third-order valence-corrected chi connectivity index (χ3v) is 3.39. The summed E-state index contributed by atoms with van der Waals surface area (Å²) in [6.45, 7) is 1.76. The summed E-state index contributed by atoms with van der Waals surface area (Å²) in [5.41, 5.74) is 1.23. The van der Waals surface area contributed by atoms with Gasteiger partial charge in [0.25, 0.3) is 15.2 Å². The predicted molar refractivity (Wildman–Crippen MR) is 62.5 cm³/mol. The number of primary sulfonamides is 1. The van der Waals surface area contributed by atoms with Gasteiger partial charge in [0.15, 0.2) is 5.82 Å². The molecule has 0 aliphatic carbocycles. The van der Waals surface area contributed by atoms with E-state index in [1.165, 1.54) is 23.7 Å². The summed E-state index contributed by atoms with van der Waals surface area (Å²) in [4.78, 5) is 0. The highest BCUT2D eigenvalue weighted by atomic mass is 32.2. The van der Waals surface area contributed by atoms with Crippen molar-refractivity contribution in [3.8, 4) is 11.4 Å². The van der Waals surface area contributed by atoms with Gasteiger partial charge in [-0.2, -0.15) is 0 Å². The van der Waals surface area contributed by atoms with E-state index in [2.05, 4.69) is 10.2 Å². The van der Waals surface area contributed by atoms with E-state index < -0.39 is 15.8 Å². The van der Waals surface area contributed by atoms with Crippen molar-refractivity contribution in [1.82, 2.24) is 14.8 Å². The van der Waals surface area contributed by atoms with E-state index in [1.54, 1.807) is 13.0 Å². The normalized spacial score (nSPS) is 11.8. The van der Waals surface area contributed by atoms with Crippen LogP contribution in [0.5, 0.6) is 0 Å². The van der Waals surface area contributed by atoms with Crippen LogP contribution in [0.25, 0.3) is 11.4 Å². The highest BCUT2D eigenvalue weighted by Crippen LogP contribution is 2.23. The van der Waals surface area contributed by atoms with E-state index in [1.807, 2.05) is 0 Å². The van der Waals surface area contributed by atoms with Crippen molar-refractivity contribution in [3.05, 3.63) is 29.6 Å². The molecule has 18 heavy (non-hydrogen) atoms. The van der Waals surface area contributed by atoms with Crippen LogP contribution >= 0.6 is 0 Å². The molecule has 0 unspecified atom stereocenters. The number of halogens is 1. The summed E-state index contributed by atoms with van der Waals surface area (Å²) < 4.78 is 36.9. The van der Waals surface area contributed by atoms with Crippen LogP contribution in [0.15, 0.2) is 23.4 Å². The molecule has 0 fully saturated rings. The molecule has 2 N–H and O–H groups in total. The molecular weight excluding hydrogens is 259 g/mol. The smallest absolute Gasteiger partial charge is 0.273 e. The van der Waals surface area contributed by atoms with Gasteiger partial charge in [0.05, 0.1) is 0 Å². The maximum absolute atomic E-state index is 13.2. The molecule has 0 spiro atoms. The summed E-state index contributed by atoms with van der Waals surface area (Å²) in [7, 11) is -2.49. The van der Waals surface area contributed by atoms with Crippen molar-refractivity contribution in [1.29, 1.82) is 0 Å². The zero-order chi connectivity index (χ0) is 13.5. The van der Waals surface area contributed by atoms with Crippen LogP contribution in [0.1, 0.15) is 5.56 Å². The summed E-state index contributed by atoms with van der Waals surface area (Å²) in [6, 6.07) is 4.16. The van der Waals surface area contributed by atoms with E-state index >= 15 is 0 Å². The van der Waals surface area contributed by atoms with Crippen molar-refractivity contribution in [2.75, 3.05) is 0 Å². The Labute approximate surface area is 103 Å². The minimum atomic E-state index is -3.95. The second-order valence-electron chi connectivity index (χ2n) is 3.87. The standard InChI is InChI=1S/C10H11FN4O2S/c1-6-3-4-7(11)5-8(6)9-13-14-10(15(9)2)18(12,16)17/h3-5H,1-2H3,(H2,12,16,17). The van der Waals surface area contributed by atoms with Gasteiger partial charge in [0.1, 0.15) is 5.82 Å². The number of hydrogen-bond acceptors (Lipinski definition) is 4. The quantitative estimate of drug-likeness (QED) is 0.864. The second kappa shape index (κ2) is 4.14. The number of nitrogens with zero attached hydrogens (tertiary/aromatic N) is 3. The van der Waals surface area contributed by atoms with Crippen LogP contribution in [-0.4, -0.2) is 23.2 Å². The molecule has 0 bridgehead atoms. The fraction of sp³-hybridized carbons (Fsp3) is 0.200. The number of benzene rings is 1. The maximum Gasteiger partial charge on any atom is 0.273 e. The van der Waals surface area contributed by atoms with Gasteiger partial charge in [-0.05, 0) is 24.6 Å². The molecule has 1 aromatic carbocycles. The lowest BCUT2D eigenvalue weighted by Crippen LogP contribution is -2.17. The molecule has 0 radical (unpaired) electrons. The highest BCUT2D eigenvalue weighted by molar-refractivity contribution is 7.89. The van der Waals surface area contributed by atoms with Crippen LogP contribution in [0.4, 0.5) is 4.39 Å². The number of rotatable bonds is 2. The Hall–Kier alpha value is -1.80. The van der Waals surface area contributed by atoms with Crippen molar-refractivity contribution in [2.45, 2.75) is 12.1 Å². The largest absolute Gasteiger partial charge is 0.300 e. The number of hydrogen-bond donors (Lipinski definition) is 1. The Morgan fingerprint density at radius 2 is 2.00 bits per heavy atom. The van der Waals surface area contributed by atoms with E-state index in [-0.39, 0.29) is 11.0 Å². The Morgan fingerprint density at radius 1 is 1.33 bits per heavy atom. The van der Waals surface area contributed by atoms with Gasteiger partial charge >= 0.3 is 0 Å². The summed E-state index contributed by atoms with van der Waals surface area (Å²) in [5, 5.41) is 11.9. The van der Waals surface area contributed by atoms with Gasteiger partial charge < -0.3 is 0 Å². The lowest BCUT2D eigenvalue weighted by atomic mass is 10.1. The molecule has 1 heterocycles. The van der Waals surface area contributed by atoms with Crippen molar-refractivity contribution >= 4 is 10.0 Å². The highest BCUT2D eigenvalue weighted by Gasteiger charge is 2.20. The molecular formula is C10H11FN4O2S. The predicted octanol–water partition coefficient (Wildman–Crippen LogP) is 0.577. The fourth-order valence-corrected chi connectivity index (χ4v) is 2.26. The molecule has 0 aliphatic heterocycles. The molecule has 2 aromatic rings. The average Bonchev–Trinajstić information content (AvgIpc) is 2.63. The Bertz CT molecular complexity index is 709. The first-order valence-electron chi connectivity index (χ1n) is 4.99. The fourth-order valence-electron chi connectivity index (χ4n) is 1.63. The Balaban J connectivity index is 2.67. The van der Waals surface area contributed by atoms with E-state index in [4.69, 9.17) is 5.14 Å². The van der Waals surface area contributed by atoms with E-state index in [0.29, 0.717) is 5.56 Å². The molecule has 0 saturated carbocycles. The number of aryl methyl sites for hydroxylation is 1. The van der Waals surface area contributed by atoms with Gasteiger partial charge in [0, 0.05) is 12.6 Å². The molecule has 1 aromatic heterocycles. The molecule has 96 valence electrons. The van der Waals surface area contributed by atoms with Crippen LogP contribution in [0.2, 0.25) is 0 Å². The lowest BCUT2D eigenvalue weighted by Gasteiger charge is -2.05. The lowest BCUT2D eigenvalue weighted by molar-refractivity contribution is 0.580. The SMILES string of the molecule is Cc1ccc(F)cc1-c1nnc(S(N)(=O)=O)n1C. The van der Waals surface area contributed by atoms with E-state index in [9.17, 15) is 12.8 Å². The molecule has 0 aliphatic rings. The number of nitrogens with two attached hydrogens (primary N) is 1. The zero-order valence-corrected chi connectivity index (χ0v) is 10.6. The van der Waals surface area contributed by atoms with Crippen LogP contribution in [0.3, 0.4) is 0 Å². The minimum Gasteiger partial charge on any atom is -0.300 e. The van der Waals surface area contributed by atoms with Crippen molar-refractivity contribution in [2.24, 2.45) is 12.2 Å². The van der Waals surface area contributed by atoms with Gasteiger partial charge in [-0.3, -0.25) is 4.57 Å². The van der Waals surface area contributed by atoms with Crippen LogP contribution < -0.4 is 5.14 Å². The number of aromatic nitrogens is 3. The molecule has 0 atom stereocenters. The van der Waals surface area contributed by atoms with Gasteiger partial charge in [0.2, 0.25) is 0 Å². The van der Waals surface area contributed by atoms with Gasteiger partial charge in [-0.15, -0.1) is 10.2 Å². The maximum atomic E-state index is 13.2. The molecule has 0 amide bonds. The Kier molecular flexibility index (Phi) is 2.91. The summed E-state index contributed by atoms with van der Waals surface area (Å²) in [5.74, 6) is -0.188. The molecule has 6 nitrogen and oxygen atoms in total. The summed E-state index contributed by atoms with van der Waals surface area (Å²) >= 11 is 0. The first-order chi connectivity index (χ1) is 8.30. The monoisotopic (exact) mass is 270 g/mol. The topological polar surface area (TPSA) is 90.9 Å².